The van der Waals surface area contributed by atoms with Gasteiger partial charge in [0.1, 0.15) is 0 Å². The number of hydrogen-bond donors (Lipinski definition) is 0. The Morgan fingerprint density at radius 3 is 2.46 bits per heavy atom. The van der Waals surface area contributed by atoms with Gasteiger partial charge >= 0.3 is 5.97 Å². The smallest absolute Gasteiger partial charge is 0.338 e. The van der Waals surface area contributed by atoms with Crippen molar-refractivity contribution in [3.8, 4) is 0 Å². The highest BCUT2D eigenvalue weighted by Crippen LogP contribution is 2.32. The van der Waals surface area contributed by atoms with E-state index in [0.717, 1.165) is 34.3 Å². The number of hydrogen-bond acceptors (Lipinski definition) is 5. The Balaban J connectivity index is 1.55. The second-order valence-electron chi connectivity index (χ2n) is 9.94. The minimum atomic E-state index is -0.676. The molecule has 0 aliphatic carbocycles. The van der Waals surface area contributed by atoms with Crippen molar-refractivity contribution in [1.29, 1.82) is 0 Å². The van der Waals surface area contributed by atoms with Gasteiger partial charge in [0.05, 0.1) is 28.5 Å². The molecule has 3 aromatic carbocycles. The lowest BCUT2D eigenvalue weighted by atomic mass is 9.96. The second-order valence-corrected chi connectivity index (χ2v) is 11.4. The van der Waals surface area contributed by atoms with Crippen LogP contribution in [-0.4, -0.2) is 21.7 Å². The van der Waals surface area contributed by atoms with Gasteiger partial charge in [0.25, 0.3) is 5.56 Å². The summed E-state index contributed by atoms with van der Waals surface area (Å²) in [6.45, 7) is 6.58. The highest BCUT2D eigenvalue weighted by atomic mass is 35.5. The number of para-hydroxylation sites is 1. The molecular formula is C33H28ClN3O3S. The fraction of sp³-hybridized carbons (Fsp3) is 0.182. The molecule has 41 heavy (non-hydrogen) atoms. The van der Waals surface area contributed by atoms with Gasteiger partial charge in [-0.05, 0) is 56.2 Å². The van der Waals surface area contributed by atoms with Crippen LogP contribution >= 0.6 is 22.9 Å². The largest absolute Gasteiger partial charge is 0.463 e. The van der Waals surface area contributed by atoms with Gasteiger partial charge in [0.15, 0.2) is 4.80 Å². The molecule has 0 fully saturated rings. The van der Waals surface area contributed by atoms with Crippen molar-refractivity contribution >= 4 is 45.9 Å². The van der Waals surface area contributed by atoms with Gasteiger partial charge in [-0.1, -0.05) is 83.6 Å². The Labute approximate surface area is 246 Å². The van der Waals surface area contributed by atoms with Crippen LogP contribution in [0.1, 0.15) is 42.3 Å². The van der Waals surface area contributed by atoms with E-state index in [1.165, 1.54) is 16.9 Å². The summed E-state index contributed by atoms with van der Waals surface area (Å²) in [6.07, 6.45) is 1.96. The van der Waals surface area contributed by atoms with E-state index in [4.69, 9.17) is 21.3 Å². The molecule has 0 N–H and O–H groups in total. The number of fused-ring (bicyclic) bond motifs is 2. The van der Waals surface area contributed by atoms with Crippen molar-refractivity contribution in [3.05, 3.63) is 137 Å². The minimum absolute atomic E-state index is 0.206. The van der Waals surface area contributed by atoms with Gasteiger partial charge in [0.2, 0.25) is 0 Å². The molecule has 0 amide bonds. The lowest BCUT2D eigenvalue weighted by Gasteiger charge is -2.24. The SMILES string of the molecule is CCOC(=O)C1=C(C)N=c2s/c(=C\c3c(C)n(Cc4ccccc4)c4ccccc34)c(=O)n2[C@@H]1c1ccc(Cl)cc1. The van der Waals surface area contributed by atoms with Crippen molar-refractivity contribution in [2.45, 2.75) is 33.4 Å². The van der Waals surface area contributed by atoms with E-state index >= 15 is 0 Å². The van der Waals surface area contributed by atoms with Crippen LogP contribution in [-0.2, 0) is 16.1 Å². The molecule has 1 aliphatic rings. The summed E-state index contributed by atoms with van der Waals surface area (Å²) in [6, 6.07) is 25.1. The summed E-state index contributed by atoms with van der Waals surface area (Å²) >= 11 is 7.50. The Kier molecular flexibility index (Phi) is 7.24. The maximum Gasteiger partial charge on any atom is 0.338 e. The zero-order valence-corrected chi connectivity index (χ0v) is 24.5. The van der Waals surface area contributed by atoms with Crippen LogP contribution in [0.25, 0.3) is 17.0 Å². The summed E-state index contributed by atoms with van der Waals surface area (Å²) in [4.78, 5) is 32.5. The van der Waals surface area contributed by atoms with Gasteiger partial charge in [-0.25, -0.2) is 9.79 Å². The summed E-state index contributed by atoms with van der Waals surface area (Å²) in [5, 5.41) is 1.64. The molecule has 0 unspecified atom stereocenters. The first-order valence-corrected chi connectivity index (χ1v) is 14.6. The van der Waals surface area contributed by atoms with Crippen molar-refractivity contribution < 1.29 is 9.53 Å². The van der Waals surface area contributed by atoms with E-state index in [1.54, 1.807) is 30.5 Å². The van der Waals surface area contributed by atoms with Crippen LogP contribution in [0.5, 0.6) is 0 Å². The van der Waals surface area contributed by atoms with Gasteiger partial charge in [-0.15, -0.1) is 0 Å². The zero-order valence-electron chi connectivity index (χ0n) is 22.9. The summed E-state index contributed by atoms with van der Waals surface area (Å²) in [7, 11) is 0. The monoisotopic (exact) mass is 581 g/mol. The normalized spacial score (nSPS) is 15.2. The van der Waals surface area contributed by atoms with E-state index in [0.29, 0.717) is 25.6 Å². The molecule has 6 nitrogen and oxygen atoms in total. The molecule has 5 aromatic rings. The van der Waals surface area contributed by atoms with Crippen molar-refractivity contribution in [3.63, 3.8) is 0 Å². The van der Waals surface area contributed by atoms with Gasteiger partial charge in [-0.2, -0.15) is 0 Å². The Hall–Kier alpha value is -4.20. The van der Waals surface area contributed by atoms with Crippen molar-refractivity contribution in [2.24, 2.45) is 4.99 Å². The number of benzene rings is 3. The van der Waals surface area contributed by atoms with Crippen LogP contribution in [0.2, 0.25) is 5.02 Å². The van der Waals surface area contributed by atoms with Crippen LogP contribution < -0.4 is 14.9 Å². The maximum atomic E-state index is 14.1. The molecule has 0 bridgehead atoms. The molecule has 3 heterocycles. The third kappa shape index (κ3) is 4.85. The maximum absolute atomic E-state index is 14.1. The molecule has 6 rings (SSSR count). The molecule has 2 aromatic heterocycles. The first-order chi connectivity index (χ1) is 19.9. The number of halogens is 1. The minimum Gasteiger partial charge on any atom is -0.463 e. The van der Waals surface area contributed by atoms with Gasteiger partial charge < -0.3 is 9.30 Å². The number of nitrogens with zero attached hydrogens (tertiary/aromatic N) is 3. The van der Waals surface area contributed by atoms with Crippen molar-refractivity contribution in [2.75, 3.05) is 6.61 Å². The summed E-state index contributed by atoms with van der Waals surface area (Å²) < 4.78 is 9.84. The molecule has 0 radical (unpaired) electrons. The number of esters is 1. The molecule has 0 saturated carbocycles. The van der Waals surface area contributed by atoms with Gasteiger partial charge in [-0.3, -0.25) is 9.36 Å². The Bertz CT molecular complexity index is 2000. The van der Waals surface area contributed by atoms with Gasteiger partial charge in [0, 0.05) is 33.7 Å². The Morgan fingerprint density at radius 2 is 1.73 bits per heavy atom. The van der Waals surface area contributed by atoms with E-state index in [2.05, 4.69) is 35.8 Å². The number of carbonyl (C=O) groups excluding carboxylic acids is 1. The number of rotatable bonds is 6. The third-order valence-corrected chi connectivity index (χ3v) is 8.68. The number of carbonyl (C=O) groups is 1. The first-order valence-electron chi connectivity index (χ1n) is 13.4. The Morgan fingerprint density at radius 1 is 1.02 bits per heavy atom. The highest BCUT2D eigenvalue weighted by Gasteiger charge is 2.33. The average molecular weight is 582 g/mol. The van der Waals surface area contributed by atoms with E-state index in [9.17, 15) is 9.59 Å². The van der Waals surface area contributed by atoms with E-state index in [-0.39, 0.29) is 12.2 Å². The third-order valence-electron chi connectivity index (χ3n) is 7.44. The number of ether oxygens (including phenoxy) is 1. The average Bonchev–Trinajstić information content (AvgIpc) is 3.42. The standard InChI is InChI=1S/C33H28ClN3O3S/c1-4-40-32(39)29-20(2)35-33-37(30(29)23-14-16-24(34)17-15-23)31(38)28(41-33)18-26-21(3)36(19-22-10-6-5-7-11-22)27-13-9-8-12-25(26)27/h5-18,30H,4,19H2,1-3H3/b28-18-/t30-/m1/s1. The molecule has 1 aliphatic heterocycles. The van der Waals surface area contributed by atoms with Crippen LogP contribution in [0.3, 0.4) is 0 Å². The second kappa shape index (κ2) is 11.0. The quantitative estimate of drug-likeness (QED) is 0.239. The molecule has 206 valence electrons. The van der Waals surface area contributed by atoms with E-state index < -0.39 is 12.0 Å². The fourth-order valence-electron chi connectivity index (χ4n) is 5.49. The van der Waals surface area contributed by atoms with Crippen LogP contribution in [0, 0.1) is 6.92 Å². The topological polar surface area (TPSA) is 65.6 Å². The molecule has 0 spiro atoms. The zero-order chi connectivity index (χ0) is 28.7. The predicted molar refractivity (Wildman–Crippen MR) is 164 cm³/mol. The molecular weight excluding hydrogens is 554 g/mol. The lowest BCUT2D eigenvalue weighted by Crippen LogP contribution is -2.39. The first kappa shape index (κ1) is 27.0. The summed E-state index contributed by atoms with van der Waals surface area (Å²) in [5.74, 6) is -0.484. The lowest BCUT2D eigenvalue weighted by molar-refractivity contribution is -0.139. The van der Waals surface area contributed by atoms with Crippen LogP contribution in [0.4, 0.5) is 0 Å². The highest BCUT2D eigenvalue weighted by molar-refractivity contribution is 7.07. The predicted octanol–water partition coefficient (Wildman–Crippen LogP) is 5.76. The molecule has 0 saturated heterocycles. The van der Waals surface area contributed by atoms with Crippen molar-refractivity contribution in [1.82, 2.24) is 9.13 Å². The molecule has 1 atom stereocenters. The summed E-state index contributed by atoms with van der Waals surface area (Å²) in [5.41, 5.74) is 5.80. The van der Waals surface area contributed by atoms with Crippen LogP contribution in [0.15, 0.2) is 99.9 Å². The molecule has 8 heteroatoms. The number of thiazole rings is 1. The number of aromatic nitrogens is 2. The fourth-order valence-corrected chi connectivity index (χ4v) is 6.65. The number of allylic oxidation sites excluding steroid dienone is 1. The van der Waals surface area contributed by atoms with E-state index in [1.807, 2.05) is 48.5 Å².